The summed E-state index contributed by atoms with van der Waals surface area (Å²) >= 11 is 0. The molecule has 0 aromatic carbocycles. The van der Waals surface area contributed by atoms with Gasteiger partial charge in [-0.05, 0) is 26.6 Å². The summed E-state index contributed by atoms with van der Waals surface area (Å²) in [5, 5.41) is 0. The number of carbonyl (C=O) groups is 1. The summed E-state index contributed by atoms with van der Waals surface area (Å²) in [4.78, 5) is 14.9. The van der Waals surface area contributed by atoms with Crippen LogP contribution >= 0.6 is 12.4 Å². The molecule has 0 bridgehead atoms. The van der Waals surface area contributed by atoms with Gasteiger partial charge in [0.25, 0.3) is 0 Å². The molecular formula is C9H19ClN2O. The van der Waals surface area contributed by atoms with Crippen molar-refractivity contribution in [2.75, 3.05) is 21.1 Å². The maximum atomic E-state index is 11.2. The van der Waals surface area contributed by atoms with Gasteiger partial charge in [-0.25, -0.2) is 0 Å². The standard InChI is InChI=1S/C9H18N2O.ClH/c1-6-8(10(3)4)11(5)9(12)7-2;/h7-8H,2,6H2,1,3-5H3;1H. The van der Waals surface area contributed by atoms with Crippen LogP contribution in [-0.2, 0) is 4.79 Å². The van der Waals surface area contributed by atoms with Crippen molar-refractivity contribution in [3.8, 4) is 0 Å². The highest BCUT2D eigenvalue weighted by atomic mass is 35.5. The van der Waals surface area contributed by atoms with E-state index in [2.05, 4.69) is 13.5 Å². The molecule has 0 heterocycles. The van der Waals surface area contributed by atoms with Crippen LogP contribution in [0.15, 0.2) is 12.7 Å². The molecule has 1 unspecified atom stereocenters. The smallest absolute Gasteiger partial charge is 0.246 e. The summed E-state index contributed by atoms with van der Waals surface area (Å²) < 4.78 is 0. The normalized spacial score (nSPS) is 11.8. The number of nitrogens with zero attached hydrogens (tertiary/aromatic N) is 2. The average Bonchev–Trinajstić information content (AvgIpc) is 2.03. The quantitative estimate of drug-likeness (QED) is 0.512. The number of rotatable bonds is 4. The molecular weight excluding hydrogens is 188 g/mol. The topological polar surface area (TPSA) is 23.6 Å². The van der Waals surface area contributed by atoms with Crippen molar-refractivity contribution < 1.29 is 4.79 Å². The zero-order valence-corrected chi connectivity index (χ0v) is 9.60. The van der Waals surface area contributed by atoms with Crippen LogP contribution in [0.25, 0.3) is 0 Å². The number of halogens is 1. The Morgan fingerprint density at radius 3 is 2.15 bits per heavy atom. The van der Waals surface area contributed by atoms with Crippen LogP contribution in [0.4, 0.5) is 0 Å². The maximum Gasteiger partial charge on any atom is 0.246 e. The van der Waals surface area contributed by atoms with E-state index >= 15 is 0 Å². The van der Waals surface area contributed by atoms with E-state index < -0.39 is 0 Å². The summed E-state index contributed by atoms with van der Waals surface area (Å²) in [6, 6.07) is 0. The van der Waals surface area contributed by atoms with E-state index in [-0.39, 0.29) is 24.5 Å². The fraction of sp³-hybridized carbons (Fsp3) is 0.667. The lowest BCUT2D eigenvalue weighted by Crippen LogP contribution is -2.44. The Bertz CT molecular complexity index is 171. The van der Waals surface area contributed by atoms with E-state index in [1.165, 1.54) is 6.08 Å². The largest absolute Gasteiger partial charge is 0.327 e. The maximum absolute atomic E-state index is 11.2. The van der Waals surface area contributed by atoms with Gasteiger partial charge in [0.15, 0.2) is 0 Å². The molecule has 0 saturated carbocycles. The van der Waals surface area contributed by atoms with Gasteiger partial charge >= 0.3 is 0 Å². The van der Waals surface area contributed by atoms with Gasteiger partial charge in [-0.15, -0.1) is 12.4 Å². The second-order valence-electron chi connectivity index (χ2n) is 3.01. The minimum Gasteiger partial charge on any atom is -0.327 e. The molecule has 13 heavy (non-hydrogen) atoms. The highest BCUT2D eigenvalue weighted by Crippen LogP contribution is 2.04. The van der Waals surface area contributed by atoms with Crippen LogP contribution in [0.5, 0.6) is 0 Å². The molecule has 0 saturated heterocycles. The predicted molar refractivity (Wildman–Crippen MR) is 58.0 cm³/mol. The molecule has 4 heteroatoms. The number of likely N-dealkylation sites (N-methyl/N-ethyl adjacent to an activating group) is 1. The van der Waals surface area contributed by atoms with E-state index in [1.807, 2.05) is 19.0 Å². The fourth-order valence-corrected chi connectivity index (χ4v) is 1.28. The molecule has 0 rings (SSSR count). The number of hydrogen-bond acceptors (Lipinski definition) is 2. The van der Waals surface area contributed by atoms with Gasteiger partial charge in [-0.3, -0.25) is 9.69 Å². The third-order valence-electron chi connectivity index (χ3n) is 1.93. The van der Waals surface area contributed by atoms with Crippen LogP contribution in [0, 0.1) is 0 Å². The molecule has 0 aliphatic rings. The third-order valence-corrected chi connectivity index (χ3v) is 1.93. The van der Waals surface area contributed by atoms with E-state index in [1.54, 1.807) is 11.9 Å². The monoisotopic (exact) mass is 206 g/mol. The molecule has 0 N–H and O–H groups in total. The van der Waals surface area contributed by atoms with Crippen molar-refractivity contribution in [1.82, 2.24) is 9.80 Å². The first-order chi connectivity index (χ1) is 5.54. The first kappa shape index (κ1) is 15.0. The Kier molecular flexibility index (Phi) is 7.96. The summed E-state index contributed by atoms with van der Waals surface area (Å²) in [6.07, 6.45) is 2.42. The van der Waals surface area contributed by atoms with E-state index in [4.69, 9.17) is 0 Å². The van der Waals surface area contributed by atoms with Gasteiger partial charge in [-0.2, -0.15) is 0 Å². The highest BCUT2D eigenvalue weighted by molar-refractivity contribution is 5.86. The molecule has 3 nitrogen and oxygen atoms in total. The molecule has 0 spiro atoms. The van der Waals surface area contributed by atoms with Crippen LogP contribution < -0.4 is 0 Å². The third kappa shape index (κ3) is 4.29. The Labute approximate surface area is 86.8 Å². The minimum atomic E-state index is -0.0319. The Balaban J connectivity index is 0. The first-order valence-electron chi connectivity index (χ1n) is 4.10. The van der Waals surface area contributed by atoms with Gasteiger partial charge in [0.1, 0.15) is 0 Å². The Morgan fingerprint density at radius 1 is 1.46 bits per heavy atom. The van der Waals surface area contributed by atoms with Crippen LogP contribution in [-0.4, -0.2) is 43.0 Å². The molecule has 0 fully saturated rings. The van der Waals surface area contributed by atoms with Crippen LogP contribution in [0.3, 0.4) is 0 Å². The Hall–Kier alpha value is -0.540. The van der Waals surface area contributed by atoms with Gasteiger partial charge in [0.05, 0.1) is 6.17 Å². The number of amides is 1. The molecule has 0 aromatic rings. The van der Waals surface area contributed by atoms with Gasteiger partial charge in [0, 0.05) is 7.05 Å². The molecule has 1 atom stereocenters. The van der Waals surface area contributed by atoms with Gasteiger partial charge < -0.3 is 4.90 Å². The van der Waals surface area contributed by atoms with Gasteiger partial charge in [-0.1, -0.05) is 13.5 Å². The van der Waals surface area contributed by atoms with Crippen LogP contribution in [0.2, 0.25) is 0 Å². The summed E-state index contributed by atoms with van der Waals surface area (Å²) in [7, 11) is 5.71. The van der Waals surface area contributed by atoms with Crippen molar-refractivity contribution in [1.29, 1.82) is 0 Å². The lowest BCUT2D eigenvalue weighted by molar-refractivity contribution is -0.129. The zero-order valence-electron chi connectivity index (χ0n) is 8.78. The second kappa shape index (κ2) is 6.92. The summed E-state index contributed by atoms with van der Waals surface area (Å²) in [6.45, 7) is 5.50. The van der Waals surface area contributed by atoms with Crippen molar-refractivity contribution in [3.05, 3.63) is 12.7 Å². The summed E-state index contributed by atoms with van der Waals surface area (Å²) in [5.74, 6) is -0.0319. The lowest BCUT2D eigenvalue weighted by Gasteiger charge is -2.31. The van der Waals surface area contributed by atoms with E-state index in [0.29, 0.717) is 0 Å². The number of hydrogen-bond donors (Lipinski definition) is 0. The number of carbonyl (C=O) groups excluding carboxylic acids is 1. The van der Waals surface area contributed by atoms with Crippen molar-refractivity contribution in [2.45, 2.75) is 19.5 Å². The van der Waals surface area contributed by atoms with E-state index in [0.717, 1.165) is 6.42 Å². The molecule has 0 aromatic heterocycles. The predicted octanol–water partition coefficient (Wildman–Crippen LogP) is 1.35. The van der Waals surface area contributed by atoms with Crippen molar-refractivity contribution in [2.24, 2.45) is 0 Å². The Morgan fingerprint density at radius 2 is 1.92 bits per heavy atom. The fourth-order valence-electron chi connectivity index (χ4n) is 1.28. The molecule has 0 aliphatic heterocycles. The molecule has 0 radical (unpaired) electrons. The molecule has 0 aliphatic carbocycles. The minimum absolute atomic E-state index is 0. The van der Waals surface area contributed by atoms with Gasteiger partial charge in [0.2, 0.25) is 5.91 Å². The molecule has 78 valence electrons. The van der Waals surface area contributed by atoms with Crippen molar-refractivity contribution >= 4 is 18.3 Å². The first-order valence-corrected chi connectivity index (χ1v) is 4.10. The van der Waals surface area contributed by atoms with Crippen molar-refractivity contribution in [3.63, 3.8) is 0 Å². The van der Waals surface area contributed by atoms with Crippen LogP contribution in [0.1, 0.15) is 13.3 Å². The second-order valence-corrected chi connectivity index (χ2v) is 3.01. The summed E-state index contributed by atoms with van der Waals surface area (Å²) in [5.41, 5.74) is 0. The van der Waals surface area contributed by atoms with E-state index in [9.17, 15) is 4.79 Å². The average molecular weight is 207 g/mol. The highest BCUT2D eigenvalue weighted by Gasteiger charge is 2.17. The zero-order chi connectivity index (χ0) is 9.72. The molecule has 1 amide bonds. The lowest BCUT2D eigenvalue weighted by atomic mass is 10.3. The SMILES string of the molecule is C=CC(=O)N(C)C(CC)N(C)C.Cl.